The average molecular weight is 215 g/mol. The lowest BCUT2D eigenvalue weighted by Crippen LogP contribution is -2.27. The van der Waals surface area contributed by atoms with Crippen molar-refractivity contribution in [2.75, 3.05) is 0 Å². The Bertz CT molecular complexity index is 239. The van der Waals surface area contributed by atoms with E-state index >= 15 is 0 Å². The van der Waals surface area contributed by atoms with Gasteiger partial charge in [0.05, 0.1) is 0 Å². The molecule has 0 aliphatic heterocycles. The van der Waals surface area contributed by atoms with Gasteiger partial charge in [-0.2, -0.15) is 5.10 Å². The van der Waals surface area contributed by atoms with Crippen molar-refractivity contribution < 1.29 is 4.79 Å². The first-order valence-corrected chi connectivity index (χ1v) is 4.86. The van der Waals surface area contributed by atoms with Crippen molar-refractivity contribution in [3.05, 3.63) is 0 Å². The number of hydrogen-bond acceptors (Lipinski definition) is 3. The largest absolute Gasteiger partial charge is 0.375 e. The summed E-state index contributed by atoms with van der Waals surface area (Å²) in [5.74, 6) is -0.787. The van der Waals surface area contributed by atoms with Gasteiger partial charge in [0.25, 0.3) is 5.91 Å². The van der Waals surface area contributed by atoms with Crippen molar-refractivity contribution in [3.8, 4) is 0 Å². The van der Waals surface area contributed by atoms with E-state index in [2.05, 4.69) is 29.7 Å². The van der Waals surface area contributed by atoms with Gasteiger partial charge in [-0.05, 0) is 25.1 Å². The fourth-order valence-electron chi connectivity index (χ4n) is 0.885. The van der Waals surface area contributed by atoms with Crippen LogP contribution in [-0.4, -0.2) is 16.7 Å². The van der Waals surface area contributed by atoms with Crippen LogP contribution < -0.4 is 16.9 Å². The van der Waals surface area contributed by atoms with Crippen LogP contribution in [0.4, 0.5) is 0 Å². The summed E-state index contributed by atoms with van der Waals surface area (Å²) in [5, 5.41) is 3.66. The molecule has 0 rings (SSSR count). The molecule has 0 unspecified atom stereocenters. The Morgan fingerprint density at radius 3 is 2.64 bits per heavy atom. The van der Waals surface area contributed by atoms with Crippen LogP contribution in [0.5, 0.6) is 0 Å². The van der Waals surface area contributed by atoms with E-state index < -0.39 is 5.91 Å². The van der Waals surface area contributed by atoms with E-state index in [1.807, 2.05) is 0 Å². The molecule has 0 bridgehead atoms. The monoisotopic (exact) mass is 215 g/mol. The lowest BCUT2D eigenvalue weighted by molar-refractivity contribution is -0.112. The lowest BCUT2D eigenvalue weighted by Gasteiger charge is -2.01. The van der Waals surface area contributed by atoms with E-state index in [4.69, 9.17) is 11.5 Å². The minimum atomic E-state index is -0.787. The third kappa shape index (κ3) is 6.36. The van der Waals surface area contributed by atoms with Gasteiger partial charge in [0.1, 0.15) is 5.71 Å². The zero-order chi connectivity index (χ0) is 11.0. The smallest absolute Gasteiger partial charge is 0.285 e. The molecule has 79 valence electrons. The molecule has 0 saturated carbocycles. The third-order valence-corrected chi connectivity index (χ3v) is 1.67. The predicted octanol–water partition coefficient (Wildman–Crippen LogP) is 0.565. The molecule has 0 aliphatic rings. The molecule has 6 heteroatoms. The molecule has 0 spiro atoms. The first-order valence-electron chi connectivity index (χ1n) is 4.45. The number of carbonyl (C=O) groups excluding carboxylic acids is 1. The fraction of sp³-hybridized carbons (Fsp3) is 0.625. The second kappa shape index (κ2) is 7.25. The van der Waals surface area contributed by atoms with Crippen molar-refractivity contribution in [3.63, 3.8) is 0 Å². The second-order valence-corrected chi connectivity index (χ2v) is 3.26. The zero-order valence-corrected chi connectivity index (χ0v) is 8.99. The Kier molecular flexibility index (Phi) is 6.65. The van der Waals surface area contributed by atoms with Crippen LogP contribution in [0.15, 0.2) is 5.10 Å². The molecule has 0 aromatic carbocycles. The lowest BCUT2D eigenvalue weighted by atomic mass is 10.1. The van der Waals surface area contributed by atoms with E-state index in [0.29, 0.717) is 6.42 Å². The summed E-state index contributed by atoms with van der Waals surface area (Å²) in [7, 11) is 0. The van der Waals surface area contributed by atoms with Crippen LogP contribution in [0.3, 0.4) is 0 Å². The molecular weight excluding hydrogens is 200 g/mol. The number of rotatable bonds is 6. The maximum Gasteiger partial charge on any atom is 0.285 e. The molecule has 0 aromatic rings. The van der Waals surface area contributed by atoms with Crippen LogP contribution in [0.2, 0.25) is 0 Å². The molecule has 0 aromatic heterocycles. The van der Waals surface area contributed by atoms with E-state index in [1.165, 1.54) is 0 Å². The van der Waals surface area contributed by atoms with E-state index in [1.54, 1.807) is 0 Å². The minimum absolute atomic E-state index is 0.000702. The molecule has 0 aliphatic carbocycles. The number of carbonyl (C=O) groups is 1. The summed E-state index contributed by atoms with van der Waals surface area (Å²) in [6, 6.07) is 0. The molecule has 0 atom stereocenters. The molecule has 0 saturated heterocycles. The van der Waals surface area contributed by atoms with Gasteiger partial charge in [-0.25, -0.2) is 0 Å². The molecule has 5 nitrogen and oxygen atoms in total. The van der Waals surface area contributed by atoms with Crippen molar-refractivity contribution in [2.24, 2.45) is 10.8 Å². The number of hydrazone groups is 1. The van der Waals surface area contributed by atoms with E-state index in [0.717, 1.165) is 19.3 Å². The Balaban J connectivity index is 4.08. The predicted molar refractivity (Wildman–Crippen MR) is 59.6 cm³/mol. The normalized spacial score (nSPS) is 11.1. The number of nitrogens with one attached hydrogen (secondary N) is 2. The summed E-state index contributed by atoms with van der Waals surface area (Å²) in [4.78, 5) is 10.8. The van der Waals surface area contributed by atoms with Gasteiger partial charge in [0.2, 0.25) is 0 Å². The van der Waals surface area contributed by atoms with Crippen LogP contribution in [0.25, 0.3) is 0 Å². The summed E-state index contributed by atoms with van der Waals surface area (Å²) in [5.41, 5.74) is 14.5. The first-order chi connectivity index (χ1) is 6.57. The van der Waals surface area contributed by atoms with Gasteiger partial charge in [0.15, 0.2) is 5.11 Å². The molecule has 0 heterocycles. The van der Waals surface area contributed by atoms with Gasteiger partial charge in [0, 0.05) is 0 Å². The van der Waals surface area contributed by atoms with Crippen molar-refractivity contribution in [1.29, 1.82) is 0 Å². The van der Waals surface area contributed by atoms with Crippen molar-refractivity contribution in [2.45, 2.75) is 32.6 Å². The third-order valence-electron chi connectivity index (χ3n) is 1.58. The summed E-state index contributed by atoms with van der Waals surface area (Å²) in [6.07, 6.45) is 3.41. The van der Waals surface area contributed by atoms with Gasteiger partial charge in [-0.1, -0.05) is 19.8 Å². The van der Waals surface area contributed by atoms with Crippen LogP contribution >= 0.6 is 12.2 Å². The second-order valence-electron chi connectivity index (χ2n) is 2.82. The SMILES string of the molecule is CCCCCC(=NNC(N)=S)C([NH])=O. The zero-order valence-electron chi connectivity index (χ0n) is 8.17. The van der Waals surface area contributed by atoms with Crippen molar-refractivity contribution in [1.82, 2.24) is 11.2 Å². The molecule has 4 N–H and O–H groups in total. The van der Waals surface area contributed by atoms with Crippen LogP contribution in [-0.2, 0) is 4.79 Å². The number of nitrogens with two attached hydrogens (primary N) is 1. The van der Waals surface area contributed by atoms with Gasteiger partial charge >= 0.3 is 0 Å². The highest BCUT2D eigenvalue weighted by atomic mass is 32.1. The standard InChI is InChI=1S/C8H15N4OS/c1-2-3-4-5-6(7(9)13)11-12-8(10)14/h9H,2-5H2,1H3,(H3,10,12,14). The summed E-state index contributed by atoms with van der Waals surface area (Å²) >= 11 is 4.52. The Hall–Kier alpha value is -1.17. The van der Waals surface area contributed by atoms with Crippen LogP contribution in [0.1, 0.15) is 32.6 Å². The number of nitrogens with zero attached hydrogens (tertiary/aromatic N) is 1. The minimum Gasteiger partial charge on any atom is -0.375 e. The number of amides is 1. The number of thiocarbonyl (C=S) groups is 1. The van der Waals surface area contributed by atoms with Gasteiger partial charge in [-0.15, -0.1) is 0 Å². The Morgan fingerprint density at radius 2 is 2.21 bits per heavy atom. The maximum absolute atomic E-state index is 10.8. The Morgan fingerprint density at radius 1 is 1.57 bits per heavy atom. The average Bonchev–Trinajstić information content (AvgIpc) is 2.10. The topological polar surface area (TPSA) is 91.3 Å². The highest BCUT2D eigenvalue weighted by Crippen LogP contribution is 2.00. The maximum atomic E-state index is 10.8. The molecule has 1 radical (unpaired) electrons. The molecule has 0 fully saturated rings. The fourth-order valence-corrected chi connectivity index (χ4v) is 0.931. The van der Waals surface area contributed by atoms with Gasteiger partial charge in [-0.3, -0.25) is 16.0 Å². The summed E-state index contributed by atoms with van der Waals surface area (Å²) < 4.78 is 0. The number of hydrogen-bond donors (Lipinski definition) is 2. The number of unbranched alkanes of at least 4 members (excludes halogenated alkanes) is 2. The van der Waals surface area contributed by atoms with E-state index in [-0.39, 0.29) is 10.8 Å². The van der Waals surface area contributed by atoms with E-state index in [9.17, 15) is 4.79 Å². The highest BCUT2D eigenvalue weighted by molar-refractivity contribution is 7.80. The van der Waals surface area contributed by atoms with Crippen molar-refractivity contribution >= 4 is 28.9 Å². The first kappa shape index (κ1) is 12.8. The highest BCUT2D eigenvalue weighted by Gasteiger charge is 2.07. The Labute approximate surface area is 88.9 Å². The van der Waals surface area contributed by atoms with Gasteiger partial charge < -0.3 is 5.73 Å². The quantitative estimate of drug-likeness (QED) is 0.293. The van der Waals surface area contributed by atoms with Crippen LogP contribution in [0, 0.1) is 0 Å². The molecule has 14 heavy (non-hydrogen) atoms. The molecule has 1 amide bonds. The molecular formula is C8H15N4OS. The summed E-state index contributed by atoms with van der Waals surface area (Å²) in [6.45, 7) is 2.06.